The van der Waals surface area contributed by atoms with E-state index in [2.05, 4.69) is 21.2 Å². The molecule has 1 amide bonds. The third kappa shape index (κ3) is 3.74. The minimum Gasteiger partial charge on any atom is -0.352 e. The molecule has 0 saturated carbocycles. The third-order valence-corrected chi connectivity index (χ3v) is 5.27. The van der Waals surface area contributed by atoms with E-state index in [1.807, 2.05) is 4.90 Å². The number of aryl methyl sites for hydroxylation is 2. The van der Waals surface area contributed by atoms with Gasteiger partial charge in [-0.25, -0.2) is 0 Å². The Bertz CT molecular complexity index is 860. The minimum atomic E-state index is -0.438. The maximum Gasteiger partial charge on any atom is 0.269 e. The SMILES string of the molecule is O=C(Cc1ccc([N+](=O)[O-])cc1)N1CCN(c2cc3c(nn2)CCC3)CC1. The molecule has 140 valence electrons. The number of rotatable bonds is 4. The Balaban J connectivity index is 1.33. The van der Waals surface area contributed by atoms with Crippen molar-refractivity contribution in [2.24, 2.45) is 0 Å². The van der Waals surface area contributed by atoms with Gasteiger partial charge in [0.2, 0.25) is 5.91 Å². The van der Waals surface area contributed by atoms with Crippen LogP contribution in [-0.2, 0) is 24.1 Å². The lowest BCUT2D eigenvalue weighted by atomic mass is 10.1. The van der Waals surface area contributed by atoms with Crippen molar-refractivity contribution < 1.29 is 9.72 Å². The number of nitro benzene ring substituents is 1. The first-order valence-electron chi connectivity index (χ1n) is 9.22. The van der Waals surface area contributed by atoms with Crippen molar-refractivity contribution in [2.75, 3.05) is 31.1 Å². The van der Waals surface area contributed by atoms with Gasteiger partial charge in [0, 0.05) is 38.3 Å². The first-order valence-corrected chi connectivity index (χ1v) is 9.22. The van der Waals surface area contributed by atoms with Crippen LogP contribution in [0.2, 0.25) is 0 Å². The molecule has 0 bridgehead atoms. The van der Waals surface area contributed by atoms with Crippen molar-refractivity contribution in [3.05, 3.63) is 57.3 Å². The van der Waals surface area contributed by atoms with Gasteiger partial charge >= 0.3 is 0 Å². The van der Waals surface area contributed by atoms with Gasteiger partial charge in [0.25, 0.3) is 5.69 Å². The number of benzene rings is 1. The maximum absolute atomic E-state index is 12.5. The minimum absolute atomic E-state index is 0.0373. The highest BCUT2D eigenvalue weighted by molar-refractivity contribution is 5.79. The average Bonchev–Trinajstić information content (AvgIpc) is 3.16. The predicted molar refractivity (Wildman–Crippen MR) is 99.7 cm³/mol. The van der Waals surface area contributed by atoms with Crippen molar-refractivity contribution in [3.63, 3.8) is 0 Å². The predicted octanol–water partition coefficient (Wildman–Crippen LogP) is 1.76. The summed E-state index contributed by atoms with van der Waals surface area (Å²) in [7, 11) is 0. The van der Waals surface area contributed by atoms with E-state index in [9.17, 15) is 14.9 Å². The Labute approximate surface area is 157 Å². The summed E-state index contributed by atoms with van der Waals surface area (Å²) in [5.74, 6) is 0.946. The van der Waals surface area contributed by atoms with Crippen LogP contribution in [0, 0.1) is 10.1 Å². The second-order valence-corrected chi connectivity index (χ2v) is 7.00. The first-order chi connectivity index (χ1) is 13.1. The summed E-state index contributed by atoms with van der Waals surface area (Å²) >= 11 is 0. The summed E-state index contributed by atoms with van der Waals surface area (Å²) in [5, 5.41) is 19.4. The standard InChI is InChI=1S/C19H21N5O3/c25-19(12-14-4-6-16(7-5-14)24(26)27)23-10-8-22(9-11-23)18-13-15-2-1-3-17(15)20-21-18/h4-7,13H,1-3,8-12H2. The van der Waals surface area contributed by atoms with Gasteiger partial charge in [-0.2, -0.15) is 5.10 Å². The second-order valence-electron chi connectivity index (χ2n) is 7.00. The lowest BCUT2D eigenvalue weighted by molar-refractivity contribution is -0.384. The monoisotopic (exact) mass is 367 g/mol. The van der Waals surface area contributed by atoms with Gasteiger partial charge in [-0.3, -0.25) is 14.9 Å². The lowest BCUT2D eigenvalue weighted by Crippen LogP contribution is -2.49. The van der Waals surface area contributed by atoms with Crippen LogP contribution in [-0.4, -0.2) is 52.1 Å². The number of carbonyl (C=O) groups is 1. The zero-order chi connectivity index (χ0) is 18.8. The van der Waals surface area contributed by atoms with Crippen molar-refractivity contribution in [2.45, 2.75) is 25.7 Å². The molecule has 27 heavy (non-hydrogen) atoms. The van der Waals surface area contributed by atoms with Gasteiger partial charge < -0.3 is 9.80 Å². The molecule has 0 unspecified atom stereocenters. The van der Waals surface area contributed by atoms with Gasteiger partial charge in [-0.15, -0.1) is 5.10 Å². The number of nitro groups is 1. The number of fused-ring (bicyclic) bond motifs is 1. The van der Waals surface area contributed by atoms with E-state index in [0.29, 0.717) is 13.1 Å². The summed E-state index contributed by atoms with van der Waals surface area (Å²) in [6, 6.07) is 8.31. The van der Waals surface area contributed by atoms with E-state index >= 15 is 0 Å². The van der Waals surface area contributed by atoms with Crippen LogP contribution in [0.1, 0.15) is 23.2 Å². The number of nitrogens with zero attached hydrogens (tertiary/aromatic N) is 5. The fourth-order valence-electron chi connectivity index (χ4n) is 3.68. The third-order valence-electron chi connectivity index (χ3n) is 5.27. The molecule has 4 rings (SSSR count). The summed E-state index contributed by atoms with van der Waals surface area (Å²) < 4.78 is 0. The zero-order valence-electron chi connectivity index (χ0n) is 15.0. The van der Waals surface area contributed by atoms with Gasteiger partial charge in [0.15, 0.2) is 5.82 Å². The van der Waals surface area contributed by atoms with Gasteiger partial charge in [-0.05, 0) is 36.5 Å². The number of amides is 1. The molecule has 0 N–H and O–H groups in total. The molecule has 1 aromatic heterocycles. The van der Waals surface area contributed by atoms with Crippen molar-refractivity contribution in [1.29, 1.82) is 0 Å². The van der Waals surface area contributed by atoms with Crippen LogP contribution in [0.25, 0.3) is 0 Å². The number of hydrogen-bond acceptors (Lipinski definition) is 6. The van der Waals surface area contributed by atoms with Gasteiger partial charge in [-0.1, -0.05) is 12.1 Å². The Morgan fingerprint density at radius 1 is 1.07 bits per heavy atom. The van der Waals surface area contributed by atoms with Crippen LogP contribution in [0.3, 0.4) is 0 Å². The van der Waals surface area contributed by atoms with Crippen LogP contribution in [0.5, 0.6) is 0 Å². The molecule has 2 aromatic rings. The smallest absolute Gasteiger partial charge is 0.269 e. The molecule has 2 aliphatic rings. The molecule has 8 heteroatoms. The molecule has 0 atom stereocenters. The van der Waals surface area contributed by atoms with Gasteiger partial charge in [0.05, 0.1) is 17.0 Å². The summed E-state index contributed by atoms with van der Waals surface area (Å²) in [4.78, 5) is 26.8. The normalized spacial score (nSPS) is 16.3. The molecule has 1 fully saturated rings. The first kappa shape index (κ1) is 17.4. The molecular weight excluding hydrogens is 346 g/mol. The Kier molecular flexibility index (Phi) is 4.70. The molecule has 2 heterocycles. The van der Waals surface area contributed by atoms with E-state index < -0.39 is 4.92 Å². The Morgan fingerprint density at radius 2 is 1.81 bits per heavy atom. The van der Waals surface area contributed by atoms with Crippen LogP contribution < -0.4 is 4.90 Å². The van der Waals surface area contributed by atoms with E-state index in [1.165, 1.54) is 17.7 Å². The lowest BCUT2D eigenvalue weighted by Gasteiger charge is -2.35. The molecule has 1 aliphatic carbocycles. The fraction of sp³-hybridized carbons (Fsp3) is 0.421. The summed E-state index contributed by atoms with van der Waals surface area (Å²) in [6.07, 6.45) is 3.51. The fourth-order valence-corrected chi connectivity index (χ4v) is 3.68. The summed E-state index contributed by atoms with van der Waals surface area (Å²) in [5.41, 5.74) is 3.25. The number of anilines is 1. The van der Waals surface area contributed by atoms with E-state index in [0.717, 1.165) is 49.4 Å². The second kappa shape index (κ2) is 7.30. The van der Waals surface area contributed by atoms with Crippen molar-refractivity contribution in [3.8, 4) is 0 Å². The quantitative estimate of drug-likeness (QED) is 0.604. The average molecular weight is 367 g/mol. The Morgan fingerprint density at radius 3 is 2.52 bits per heavy atom. The largest absolute Gasteiger partial charge is 0.352 e. The van der Waals surface area contributed by atoms with E-state index in [-0.39, 0.29) is 18.0 Å². The van der Waals surface area contributed by atoms with Crippen molar-refractivity contribution in [1.82, 2.24) is 15.1 Å². The van der Waals surface area contributed by atoms with Gasteiger partial charge in [0.1, 0.15) is 0 Å². The number of carbonyl (C=O) groups excluding carboxylic acids is 1. The molecule has 1 saturated heterocycles. The Hall–Kier alpha value is -3.03. The van der Waals surface area contributed by atoms with Crippen LogP contribution in [0.15, 0.2) is 30.3 Å². The highest BCUT2D eigenvalue weighted by atomic mass is 16.6. The molecular formula is C19H21N5O3. The number of piperazine rings is 1. The highest BCUT2D eigenvalue weighted by Gasteiger charge is 2.23. The molecule has 8 nitrogen and oxygen atoms in total. The highest BCUT2D eigenvalue weighted by Crippen LogP contribution is 2.23. The zero-order valence-corrected chi connectivity index (χ0v) is 15.0. The number of aromatic nitrogens is 2. The molecule has 1 aromatic carbocycles. The molecule has 0 radical (unpaired) electrons. The van der Waals surface area contributed by atoms with E-state index in [4.69, 9.17) is 0 Å². The van der Waals surface area contributed by atoms with E-state index in [1.54, 1.807) is 12.1 Å². The van der Waals surface area contributed by atoms with Crippen molar-refractivity contribution >= 4 is 17.4 Å². The molecule has 1 aliphatic heterocycles. The topological polar surface area (TPSA) is 92.5 Å². The maximum atomic E-state index is 12.5. The summed E-state index contributed by atoms with van der Waals surface area (Å²) in [6.45, 7) is 2.76. The van der Waals surface area contributed by atoms with Crippen LogP contribution >= 0.6 is 0 Å². The number of hydrogen-bond donors (Lipinski definition) is 0. The molecule has 0 spiro atoms. The van der Waals surface area contributed by atoms with Crippen LogP contribution in [0.4, 0.5) is 11.5 Å². The number of non-ortho nitro benzene ring substituents is 1.